The Kier molecular flexibility index (Phi) is 5.99. The number of ether oxygens (including phenoxy) is 4. The van der Waals surface area contributed by atoms with Gasteiger partial charge in [-0.25, -0.2) is 9.59 Å². The Morgan fingerprint density at radius 1 is 0.962 bits per heavy atom. The van der Waals surface area contributed by atoms with E-state index in [2.05, 4.69) is 0 Å². The molecule has 0 aliphatic carbocycles. The molecule has 0 unspecified atom stereocenters. The second-order valence-electron chi connectivity index (χ2n) is 5.87. The molecule has 26 heavy (non-hydrogen) atoms. The highest BCUT2D eigenvalue weighted by Crippen LogP contribution is 2.25. The predicted molar refractivity (Wildman–Crippen MR) is 92.7 cm³/mol. The van der Waals surface area contributed by atoms with E-state index in [0.29, 0.717) is 17.5 Å². The summed E-state index contributed by atoms with van der Waals surface area (Å²) in [6, 6.07) is 17.4. The fourth-order valence-corrected chi connectivity index (χ4v) is 2.73. The first-order valence-electron chi connectivity index (χ1n) is 8.34. The molecule has 1 heterocycles. The van der Waals surface area contributed by atoms with E-state index in [-0.39, 0.29) is 6.61 Å². The SMILES string of the molecule is CO[C@@H]1O[C@@H](COC(=O)c2ccccc2)C[C@@H]1OC(=O)c1ccccc1. The van der Waals surface area contributed by atoms with Gasteiger partial charge in [0.05, 0.1) is 17.2 Å². The molecular weight excluding hydrogens is 336 g/mol. The maximum Gasteiger partial charge on any atom is 0.338 e. The van der Waals surface area contributed by atoms with Crippen molar-refractivity contribution in [2.45, 2.75) is 24.9 Å². The molecule has 0 saturated carbocycles. The molecule has 1 aliphatic rings. The maximum atomic E-state index is 12.2. The molecule has 1 aliphatic heterocycles. The zero-order chi connectivity index (χ0) is 18.4. The molecular formula is C20H20O6. The third-order valence-electron chi connectivity index (χ3n) is 4.04. The van der Waals surface area contributed by atoms with Gasteiger partial charge < -0.3 is 18.9 Å². The van der Waals surface area contributed by atoms with Gasteiger partial charge in [0.2, 0.25) is 0 Å². The van der Waals surface area contributed by atoms with Crippen molar-refractivity contribution in [1.82, 2.24) is 0 Å². The summed E-state index contributed by atoms with van der Waals surface area (Å²) in [6.45, 7) is 0.0625. The van der Waals surface area contributed by atoms with Crippen LogP contribution in [0.25, 0.3) is 0 Å². The molecule has 0 N–H and O–H groups in total. The summed E-state index contributed by atoms with van der Waals surface area (Å²) < 4.78 is 21.7. The first kappa shape index (κ1) is 18.1. The lowest BCUT2D eigenvalue weighted by atomic mass is 10.2. The average Bonchev–Trinajstić information content (AvgIpc) is 3.09. The van der Waals surface area contributed by atoms with E-state index >= 15 is 0 Å². The summed E-state index contributed by atoms with van der Waals surface area (Å²) in [6.07, 6.45) is -1.27. The second-order valence-corrected chi connectivity index (χ2v) is 5.87. The van der Waals surface area contributed by atoms with Gasteiger partial charge in [0.1, 0.15) is 6.61 Å². The minimum Gasteiger partial charge on any atom is -0.459 e. The molecule has 3 rings (SSSR count). The van der Waals surface area contributed by atoms with Crippen LogP contribution in [0.5, 0.6) is 0 Å². The quantitative estimate of drug-likeness (QED) is 0.741. The van der Waals surface area contributed by atoms with Crippen LogP contribution in [0, 0.1) is 0 Å². The Bertz CT molecular complexity index is 730. The van der Waals surface area contributed by atoms with Gasteiger partial charge in [-0.1, -0.05) is 36.4 Å². The van der Waals surface area contributed by atoms with E-state index in [1.54, 1.807) is 48.5 Å². The summed E-state index contributed by atoms with van der Waals surface area (Å²) in [4.78, 5) is 24.2. The number of rotatable bonds is 6. The highest BCUT2D eigenvalue weighted by Gasteiger charge is 2.39. The maximum absolute atomic E-state index is 12.2. The molecule has 6 nitrogen and oxygen atoms in total. The fourth-order valence-electron chi connectivity index (χ4n) is 2.73. The largest absolute Gasteiger partial charge is 0.459 e. The van der Waals surface area contributed by atoms with Gasteiger partial charge in [-0.2, -0.15) is 0 Å². The van der Waals surface area contributed by atoms with Crippen molar-refractivity contribution in [3.8, 4) is 0 Å². The zero-order valence-corrected chi connectivity index (χ0v) is 14.4. The Hall–Kier alpha value is -2.70. The molecule has 136 valence electrons. The Morgan fingerprint density at radius 3 is 2.12 bits per heavy atom. The second kappa shape index (κ2) is 8.60. The number of esters is 2. The van der Waals surface area contributed by atoms with E-state index in [9.17, 15) is 9.59 Å². The number of benzene rings is 2. The van der Waals surface area contributed by atoms with Crippen LogP contribution in [0.1, 0.15) is 27.1 Å². The van der Waals surface area contributed by atoms with Crippen molar-refractivity contribution in [1.29, 1.82) is 0 Å². The van der Waals surface area contributed by atoms with Crippen LogP contribution in [0.4, 0.5) is 0 Å². The van der Waals surface area contributed by atoms with Crippen LogP contribution < -0.4 is 0 Å². The number of carbonyl (C=O) groups excluding carboxylic acids is 2. The summed E-state index contributed by atoms with van der Waals surface area (Å²) in [5.41, 5.74) is 0.933. The molecule has 6 heteroatoms. The summed E-state index contributed by atoms with van der Waals surface area (Å²) in [7, 11) is 1.48. The highest BCUT2D eigenvalue weighted by molar-refractivity contribution is 5.89. The molecule has 0 amide bonds. The summed E-state index contributed by atoms with van der Waals surface area (Å²) in [5, 5.41) is 0. The smallest absolute Gasteiger partial charge is 0.338 e. The molecule has 1 fully saturated rings. The third-order valence-corrected chi connectivity index (χ3v) is 4.04. The Balaban J connectivity index is 1.53. The predicted octanol–water partition coefficient (Wildman–Crippen LogP) is 2.83. The van der Waals surface area contributed by atoms with Crippen molar-refractivity contribution in [2.24, 2.45) is 0 Å². The molecule has 0 aromatic heterocycles. The van der Waals surface area contributed by atoms with Crippen LogP contribution >= 0.6 is 0 Å². The lowest BCUT2D eigenvalue weighted by Crippen LogP contribution is -2.28. The van der Waals surface area contributed by atoms with Crippen LogP contribution in [-0.2, 0) is 18.9 Å². The molecule has 2 aromatic carbocycles. The van der Waals surface area contributed by atoms with Gasteiger partial charge in [0, 0.05) is 13.5 Å². The first-order chi connectivity index (χ1) is 12.7. The molecule has 0 bridgehead atoms. The topological polar surface area (TPSA) is 71.1 Å². The minimum absolute atomic E-state index is 0.0625. The molecule has 2 aromatic rings. The summed E-state index contributed by atoms with van der Waals surface area (Å²) >= 11 is 0. The van der Waals surface area contributed by atoms with E-state index in [1.807, 2.05) is 12.1 Å². The lowest BCUT2D eigenvalue weighted by Gasteiger charge is -2.17. The van der Waals surface area contributed by atoms with E-state index in [4.69, 9.17) is 18.9 Å². The van der Waals surface area contributed by atoms with Crippen molar-refractivity contribution < 1.29 is 28.5 Å². The number of carbonyl (C=O) groups is 2. The van der Waals surface area contributed by atoms with E-state index < -0.39 is 30.4 Å². The number of methoxy groups -OCH3 is 1. The van der Waals surface area contributed by atoms with Crippen molar-refractivity contribution >= 4 is 11.9 Å². The van der Waals surface area contributed by atoms with Crippen LogP contribution in [0.3, 0.4) is 0 Å². The van der Waals surface area contributed by atoms with Crippen molar-refractivity contribution in [3.05, 3.63) is 71.8 Å². The van der Waals surface area contributed by atoms with Gasteiger partial charge in [0.15, 0.2) is 12.4 Å². The van der Waals surface area contributed by atoms with E-state index in [1.165, 1.54) is 7.11 Å². The van der Waals surface area contributed by atoms with Crippen LogP contribution in [-0.4, -0.2) is 44.2 Å². The Labute approximate surface area is 151 Å². The molecule has 3 atom stereocenters. The number of hydrogen-bond acceptors (Lipinski definition) is 6. The van der Waals surface area contributed by atoms with Gasteiger partial charge in [0.25, 0.3) is 0 Å². The van der Waals surface area contributed by atoms with Gasteiger partial charge in [-0.3, -0.25) is 0 Å². The van der Waals surface area contributed by atoms with Crippen molar-refractivity contribution in [2.75, 3.05) is 13.7 Å². The van der Waals surface area contributed by atoms with Crippen LogP contribution in [0.2, 0.25) is 0 Å². The minimum atomic E-state index is -0.692. The fraction of sp³-hybridized carbons (Fsp3) is 0.300. The van der Waals surface area contributed by atoms with Gasteiger partial charge in [-0.05, 0) is 24.3 Å². The average molecular weight is 356 g/mol. The molecule has 1 saturated heterocycles. The van der Waals surface area contributed by atoms with Crippen LogP contribution in [0.15, 0.2) is 60.7 Å². The van der Waals surface area contributed by atoms with Crippen molar-refractivity contribution in [3.63, 3.8) is 0 Å². The Morgan fingerprint density at radius 2 is 1.54 bits per heavy atom. The summed E-state index contributed by atoms with van der Waals surface area (Å²) in [5.74, 6) is -0.865. The van der Waals surface area contributed by atoms with E-state index in [0.717, 1.165) is 0 Å². The van der Waals surface area contributed by atoms with Gasteiger partial charge >= 0.3 is 11.9 Å². The molecule has 0 spiro atoms. The lowest BCUT2D eigenvalue weighted by molar-refractivity contribution is -0.154. The first-order valence-corrected chi connectivity index (χ1v) is 8.34. The standard InChI is InChI=1S/C20H20O6/c1-23-20-17(26-19(22)15-10-6-3-7-11-15)12-16(25-20)13-24-18(21)14-8-4-2-5-9-14/h2-11,16-17,20H,12-13H2,1H3/t16-,17+,20-/m1/s1. The normalized spacial score (nSPS) is 22.0. The zero-order valence-electron chi connectivity index (χ0n) is 14.4. The number of hydrogen-bond donors (Lipinski definition) is 0. The monoisotopic (exact) mass is 356 g/mol. The molecule has 0 radical (unpaired) electrons. The van der Waals surface area contributed by atoms with Gasteiger partial charge in [-0.15, -0.1) is 0 Å². The highest BCUT2D eigenvalue weighted by atomic mass is 16.7. The third kappa shape index (κ3) is 4.47.